The normalized spacial score (nSPS) is 10.3. The maximum Gasteiger partial charge on any atom is 0.319 e. The highest BCUT2D eigenvalue weighted by Crippen LogP contribution is 2.13. The zero-order chi connectivity index (χ0) is 14.5. The van der Waals surface area contributed by atoms with Crippen LogP contribution in [0.25, 0.3) is 0 Å². The Morgan fingerprint density at radius 2 is 1.70 bits per heavy atom. The van der Waals surface area contributed by atoms with Crippen molar-refractivity contribution in [2.75, 3.05) is 11.9 Å². The summed E-state index contributed by atoms with van der Waals surface area (Å²) in [5.74, 6) is 0. The van der Waals surface area contributed by atoms with E-state index in [1.165, 1.54) is 11.4 Å². The van der Waals surface area contributed by atoms with Crippen molar-refractivity contribution in [2.45, 2.75) is 20.4 Å². The topological polar surface area (TPSA) is 46.1 Å². The van der Waals surface area contributed by atoms with E-state index in [1.54, 1.807) is 24.3 Å². The van der Waals surface area contributed by atoms with E-state index in [0.717, 1.165) is 12.2 Å². The number of hydrogen-bond donors (Lipinski definition) is 2. The Balaban J connectivity index is 1.79. The highest BCUT2D eigenvalue weighted by atomic mass is 35.5. The largest absolute Gasteiger partial charge is 0.347 e. The molecular formula is C15H18ClN3O. The SMILES string of the molecule is Cc1ccc(C)n1CCNC(=O)Nc1ccc(Cl)cc1. The van der Waals surface area contributed by atoms with Gasteiger partial charge in [-0.3, -0.25) is 0 Å². The van der Waals surface area contributed by atoms with Gasteiger partial charge in [-0.2, -0.15) is 0 Å². The monoisotopic (exact) mass is 291 g/mol. The molecule has 0 unspecified atom stereocenters. The van der Waals surface area contributed by atoms with Crippen molar-refractivity contribution in [2.24, 2.45) is 0 Å². The van der Waals surface area contributed by atoms with Crippen LogP contribution in [0.1, 0.15) is 11.4 Å². The van der Waals surface area contributed by atoms with Crippen LogP contribution in [-0.2, 0) is 6.54 Å². The fourth-order valence-corrected chi connectivity index (χ4v) is 2.17. The zero-order valence-electron chi connectivity index (χ0n) is 11.6. The fraction of sp³-hybridized carbons (Fsp3) is 0.267. The lowest BCUT2D eigenvalue weighted by Gasteiger charge is -2.11. The molecule has 0 radical (unpaired) electrons. The molecule has 2 rings (SSSR count). The zero-order valence-corrected chi connectivity index (χ0v) is 12.4. The van der Waals surface area contributed by atoms with E-state index in [1.807, 2.05) is 0 Å². The predicted octanol–water partition coefficient (Wildman–Crippen LogP) is 3.58. The number of carbonyl (C=O) groups is 1. The van der Waals surface area contributed by atoms with Crippen LogP contribution in [0.2, 0.25) is 5.02 Å². The van der Waals surface area contributed by atoms with Crippen molar-refractivity contribution in [1.82, 2.24) is 9.88 Å². The van der Waals surface area contributed by atoms with Crippen molar-refractivity contribution < 1.29 is 4.79 Å². The van der Waals surface area contributed by atoms with Gasteiger partial charge in [-0.25, -0.2) is 4.79 Å². The molecule has 1 heterocycles. The molecule has 0 saturated heterocycles. The lowest BCUT2D eigenvalue weighted by Crippen LogP contribution is -2.31. The van der Waals surface area contributed by atoms with Gasteiger partial charge in [0.2, 0.25) is 0 Å². The Morgan fingerprint density at radius 3 is 2.30 bits per heavy atom. The second-order valence-electron chi connectivity index (χ2n) is 4.66. The quantitative estimate of drug-likeness (QED) is 0.888. The molecule has 20 heavy (non-hydrogen) atoms. The second kappa shape index (κ2) is 6.48. The van der Waals surface area contributed by atoms with Gasteiger partial charge in [0.1, 0.15) is 0 Å². The lowest BCUT2D eigenvalue weighted by molar-refractivity contribution is 0.251. The summed E-state index contributed by atoms with van der Waals surface area (Å²) in [5.41, 5.74) is 3.12. The summed E-state index contributed by atoms with van der Waals surface area (Å²) in [4.78, 5) is 11.7. The minimum Gasteiger partial charge on any atom is -0.347 e. The summed E-state index contributed by atoms with van der Waals surface area (Å²) in [6, 6.07) is 10.9. The van der Waals surface area contributed by atoms with E-state index < -0.39 is 0 Å². The number of halogens is 1. The molecule has 0 aliphatic carbocycles. The van der Waals surface area contributed by atoms with Gasteiger partial charge < -0.3 is 15.2 Å². The Bertz CT molecular complexity index is 570. The number of anilines is 1. The van der Waals surface area contributed by atoms with Crippen LogP contribution in [0, 0.1) is 13.8 Å². The minimum absolute atomic E-state index is 0.213. The Morgan fingerprint density at radius 1 is 1.10 bits per heavy atom. The van der Waals surface area contributed by atoms with E-state index in [2.05, 4.69) is 41.2 Å². The summed E-state index contributed by atoms with van der Waals surface area (Å²) in [6.45, 7) is 5.45. The second-order valence-corrected chi connectivity index (χ2v) is 5.09. The predicted molar refractivity (Wildman–Crippen MR) is 82.4 cm³/mol. The molecule has 1 aromatic carbocycles. The maximum atomic E-state index is 11.7. The third-order valence-corrected chi connectivity index (χ3v) is 3.39. The molecule has 0 fully saturated rings. The van der Waals surface area contributed by atoms with Gasteiger partial charge in [-0.1, -0.05) is 11.6 Å². The molecule has 4 nitrogen and oxygen atoms in total. The number of amides is 2. The Labute approximate surface area is 123 Å². The Kier molecular flexibility index (Phi) is 4.69. The van der Waals surface area contributed by atoms with Crippen molar-refractivity contribution in [3.05, 3.63) is 52.8 Å². The molecule has 1 aromatic heterocycles. The van der Waals surface area contributed by atoms with E-state index in [9.17, 15) is 4.79 Å². The number of aryl methyl sites for hydroxylation is 2. The smallest absolute Gasteiger partial charge is 0.319 e. The summed E-state index contributed by atoms with van der Waals surface area (Å²) in [5, 5.41) is 6.24. The summed E-state index contributed by atoms with van der Waals surface area (Å²) >= 11 is 5.79. The van der Waals surface area contributed by atoms with E-state index >= 15 is 0 Å². The molecule has 2 N–H and O–H groups in total. The molecule has 0 saturated carbocycles. The number of aromatic nitrogens is 1. The standard InChI is InChI=1S/C15H18ClN3O/c1-11-3-4-12(2)19(11)10-9-17-15(20)18-14-7-5-13(16)6-8-14/h3-8H,9-10H2,1-2H3,(H2,17,18,20). The molecule has 5 heteroatoms. The average molecular weight is 292 g/mol. The van der Waals surface area contributed by atoms with Gasteiger partial charge in [0.15, 0.2) is 0 Å². The van der Waals surface area contributed by atoms with Gasteiger partial charge >= 0.3 is 6.03 Å². The molecule has 0 aliphatic heterocycles. The molecule has 106 valence electrons. The van der Waals surface area contributed by atoms with Crippen LogP contribution in [0.15, 0.2) is 36.4 Å². The molecular weight excluding hydrogens is 274 g/mol. The van der Waals surface area contributed by atoms with Gasteiger partial charge in [0.25, 0.3) is 0 Å². The van der Waals surface area contributed by atoms with Crippen LogP contribution >= 0.6 is 11.6 Å². The summed E-state index contributed by atoms with van der Waals surface area (Å²) < 4.78 is 2.17. The van der Waals surface area contributed by atoms with E-state index in [0.29, 0.717) is 11.6 Å². The first kappa shape index (κ1) is 14.5. The number of hydrogen-bond acceptors (Lipinski definition) is 1. The minimum atomic E-state index is -0.213. The van der Waals surface area contributed by atoms with Gasteiger partial charge in [0.05, 0.1) is 0 Å². The number of rotatable bonds is 4. The number of benzene rings is 1. The van der Waals surface area contributed by atoms with Gasteiger partial charge in [0, 0.05) is 35.2 Å². The van der Waals surface area contributed by atoms with Crippen molar-refractivity contribution in [3.8, 4) is 0 Å². The molecule has 2 amide bonds. The fourth-order valence-electron chi connectivity index (χ4n) is 2.04. The van der Waals surface area contributed by atoms with Crippen molar-refractivity contribution in [3.63, 3.8) is 0 Å². The third-order valence-electron chi connectivity index (χ3n) is 3.14. The third kappa shape index (κ3) is 3.78. The summed E-state index contributed by atoms with van der Waals surface area (Å²) in [6.07, 6.45) is 0. The maximum absolute atomic E-state index is 11.7. The van der Waals surface area contributed by atoms with Crippen LogP contribution in [0.4, 0.5) is 10.5 Å². The molecule has 0 aliphatic rings. The number of nitrogens with zero attached hydrogens (tertiary/aromatic N) is 1. The Hall–Kier alpha value is -1.94. The molecule has 0 atom stereocenters. The first-order valence-corrected chi connectivity index (χ1v) is 6.87. The van der Waals surface area contributed by atoms with Crippen LogP contribution in [0.5, 0.6) is 0 Å². The first-order valence-electron chi connectivity index (χ1n) is 6.49. The van der Waals surface area contributed by atoms with E-state index in [-0.39, 0.29) is 6.03 Å². The van der Waals surface area contributed by atoms with Crippen LogP contribution in [-0.4, -0.2) is 17.1 Å². The first-order chi connectivity index (χ1) is 9.56. The van der Waals surface area contributed by atoms with Crippen LogP contribution < -0.4 is 10.6 Å². The number of carbonyl (C=O) groups excluding carboxylic acids is 1. The molecule has 0 bridgehead atoms. The van der Waals surface area contributed by atoms with Gasteiger partial charge in [-0.15, -0.1) is 0 Å². The molecule has 2 aromatic rings. The average Bonchev–Trinajstić information content (AvgIpc) is 2.73. The summed E-state index contributed by atoms with van der Waals surface area (Å²) in [7, 11) is 0. The molecule has 0 spiro atoms. The number of nitrogens with one attached hydrogen (secondary N) is 2. The van der Waals surface area contributed by atoms with E-state index in [4.69, 9.17) is 11.6 Å². The number of urea groups is 1. The lowest BCUT2D eigenvalue weighted by atomic mass is 10.3. The van der Waals surface area contributed by atoms with Crippen molar-refractivity contribution in [1.29, 1.82) is 0 Å². The highest BCUT2D eigenvalue weighted by molar-refractivity contribution is 6.30. The highest BCUT2D eigenvalue weighted by Gasteiger charge is 2.03. The van der Waals surface area contributed by atoms with Gasteiger partial charge in [-0.05, 0) is 50.2 Å². The van der Waals surface area contributed by atoms with Crippen molar-refractivity contribution >= 4 is 23.3 Å². The van der Waals surface area contributed by atoms with Crippen LogP contribution in [0.3, 0.4) is 0 Å².